The standard InChI is InChI=1S/C20H25N3O/c1-6-20(4,5)15-11-14(13(2)3)12-18(19(15)24)23-21-16-9-7-8-10-17(16)22-23/h7-13,24H,6H2,1-5H3. The second kappa shape index (κ2) is 5.93. The van der Waals surface area contributed by atoms with Crippen molar-refractivity contribution in [3.63, 3.8) is 0 Å². The smallest absolute Gasteiger partial charge is 0.146 e. The summed E-state index contributed by atoms with van der Waals surface area (Å²) in [7, 11) is 0. The van der Waals surface area contributed by atoms with Crippen LogP contribution >= 0.6 is 0 Å². The number of aromatic hydroxyl groups is 1. The first-order chi connectivity index (χ1) is 11.3. The van der Waals surface area contributed by atoms with Crippen LogP contribution < -0.4 is 0 Å². The summed E-state index contributed by atoms with van der Waals surface area (Å²) in [6.45, 7) is 10.8. The van der Waals surface area contributed by atoms with Gasteiger partial charge in [-0.1, -0.05) is 52.8 Å². The molecule has 0 spiro atoms. The van der Waals surface area contributed by atoms with E-state index >= 15 is 0 Å². The van der Waals surface area contributed by atoms with Crippen molar-refractivity contribution in [3.8, 4) is 11.4 Å². The zero-order valence-corrected chi connectivity index (χ0v) is 15.0. The fraction of sp³-hybridized carbons (Fsp3) is 0.400. The van der Waals surface area contributed by atoms with Gasteiger partial charge in [0.25, 0.3) is 0 Å². The number of phenols is 1. The Morgan fingerprint density at radius 3 is 2.17 bits per heavy atom. The summed E-state index contributed by atoms with van der Waals surface area (Å²) in [6.07, 6.45) is 0.941. The van der Waals surface area contributed by atoms with Crippen LogP contribution in [0.4, 0.5) is 0 Å². The molecule has 0 atom stereocenters. The van der Waals surface area contributed by atoms with Gasteiger partial charge >= 0.3 is 0 Å². The zero-order valence-electron chi connectivity index (χ0n) is 15.0. The molecular weight excluding hydrogens is 298 g/mol. The highest BCUT2D eigenvalue weighted by molar-refractivity contribution is 5.73. The highest BCUT2D eigenvalue weighted by Gasteiger charge is 2.26. The fourth-order valence-corrected chi connectivity index (χ4v) is 2.80. The molecule has 0 unspecified atom stereocenters. The Bertz CT molecular complexity index is 845. The normalized spacial score (nSPS) is 12.2. The van der Waals surface area contributed by atoms with Gasteiger partial charge in [0.15, 0.2) is 0 Å². The summed E-state index contributed by atoms with van der Waals surface area (Å²) in [6, 6.07) is 11.9. The van der Waals surface area contributed by atoms with E-state index in [0.717, 1.165) is 23.0 Å². The van der Waals surface area contributed by atoms with Gasteiger partial charge in [0.2, 0.25) is 0 Å². The molecule has 0 amide bonds. The molecule has 0 radical (unpaired) electrons. The van der Waals surface area contributed by atoms with Crippen molar-refractivity contribution in [2.75, 3.05) is 0 Å². The molecule has 0 aliphatic carbocycles. The summed E-state index contributed by atoms with van der Waals surface area (Å²) in [5.41, 5.74) is 4.31. The molecule has 0 saturated heterocycles. The Kier molecular flexibility index (Phi) is 4.08. The number of rotatable bonds is 4. The number of nitrogens with zero attached hydrogens (tertiary/aromatic N) is 3. The Balaban J connectivity index is 2.26. The molecule has 1 N–H and O–H groups in total. The van der Waals surface area contributed by atoms with Crippen LogP contribution in [-0.2, 0) is 5.41 Å². The van der Waals surface area contributed by atoms with Crippen LogP contribution in [0, 0.1) is 0 Å². The number of hydrogen-bond donors (Lipinski definition) is 1. The van der Waals surface area contributed by atoms with Crippen molar-refractivity contribution in [1.82, 2.24) is 15.0 Å². The van der Waals surface area contributed by atoms with E-state index in [2.05, 4.69) is 50.9 Å². The molecule has 4 nitrogen and oxygen atoms in total. The van der Waals surface area contributed by atoms with Gasteiger partial charge in [-0.25, -0.2) is 0 Å². The lowest BCUT2D eigenvalue weighted by molar-refractivity contribution is 0.423. The minimum atomic E-state index is -0.115. The molecule has 24 heavy (non-hydrogen) atoms. The quantitative estimate of drug-likeness (QED) is 0.740. The first kappa shape index (κ1) is 16.5. The molecular formula is C20H25N3O. The second-order valence-corrected chi connectivity index (χ2v) is 7.31. The average Bonchev–Trinajstić information content (AvgIpc) is 2.98. The van der Waals surface area contributed by atoms with Crippen molar-refractivity contribution in [2.24, 2.45) is 0 Å². The lowest BCUT2D eigenvalue weighted by Gasteiger charge is -2.26. The van der Waals surface area contributed by atoms with Crippen molar-refractivity contribution >= 4 is 11.0 Å². The van der Waals surface area contributed by atoms with Crippen LogP contribution in [0.25, 0.3) is 16.7 Å². The van der Waals surface area contributed by atoms with E-state index < -0.39 is 0 Å². The van der Waals surface area contributed by atoms with Crippen molar-refractivity contribution in [2.45, 2.75) is 52.4 Å². The van der Waals surface area contributed by atoms with E-state index in [1.165, 1.54) is 5.56 Å². The van der Waals surface area contributed by atoms with E-state index in [9.17, 15) is 5.11 Å². The minimum absolute atomic E-state index is 0.115. The van der Waals surface area contributed by atoms with Gasteiger partial charge in [0.1, 0.15) is 22.5 Å². The van der Waals surface area contributed by atoms with Crippen LogP contribution in [-0.4, -0.2) is 20.1 Å². The monoisotopic (exact) mass is 323 g/mol. The highest BCUT2D eigenvalue weighted by Crippen LogP contribution is 2.39. The van der Waals surface area contributed by atoms with Gasteiger partial charge in [-0.05, 0) is 41.5 Å². The van der Waals surface area contributed by atoms with Gasteiger partial charge in [-0.2, -0.15) is 0 Å². The molecule has 0 aliphatic heterocycles. The molecule has 3 aromatic rings. The first-order valence-corrected chi connectivity index (χ1v) is 8.53. The summed E-state index contributed by atoms with van der Waals surface area (Å²) < 4.78 is 0. The summed E-state index contributed by atoms with van der Waals surface area (Å²) in [5, 5.41) is 20.0. The van der Waals surface area contributed by atoms with E-state index in [1.54, 1.807) is 4.80 Å². The molecule has 3 rings (SSSR count). The maximum absolute atomic E-state index is 10.9. The van der Waals surface area contributed by atoms with Gasteiger partial charge in [0.05, 0.1) is 0 Å². The van der Waals surface area contributed by atoms with Crippen molar-refractivity contribution in [3.05, 3.63) is 47.5 Å². The van der Waals surface area contributed by atoms with E-state index in [-0.39, 0.29) is 11.2 Å². The van der Waals surface area contributed by atoms with E-state index in [4.69, 9.17) is 0 Å². The predicted molar refractivity (Wildman–Crippen MR) is 97.9 cm³/mol. The molecule has 4 heteroatoms. The lowest BCUT2D eigenvalue weighted by Crippen LogP contribution is -2.17. The Labute approximate surface area is 143 Å². The number of fused-ring (bicyclic) bond motifs is 1. The van der Waals surface area contributed by atoms with Crippen LogP contribution in [0.2, 0.25) is 0 Å². The van der Waals surface area contributed by atoms with Gasteiger partial charge in [0, 0.05) is 5.56 Å². The fourth-order valence-electron chi connectivity index (χ4n) is 2.80. The van der Waals surface area contributed by atoms with Crippen LogP contribution in [0.1, 0.15) is 58.1 Å². The lowest BCUT2D eigenvalue weighted by atomic mass is 9.80. The Hall–Kier alpha value is -2.36. The van der Waals surface area contributed by atoms with Crippen LogP contribution in [0.3, 0.4) is 0 Å². The largest absolute Gasteiger partial charge is 0.505 e. The highest BCUT2D eigenvalue weighted by atomic mass is 16.3. The summed E-state index contributed by atoms with van der Waals surface area (Å²) in [4.78, 5) is 1.56. The third-order valence-corrected chi connectivity index (χ3v) is 4.89. The minimum Gasteiger partial charge on any atom is -0.505 e. The molecule has 126 valence electrons. The second-order valence-electron chi connectivity index (χ2n) is 7.31. The predicted octanol–water partition coefficient (Wildman–Crippen LogP) is 4.94. The third-order valence-electron chi connectivity index (χ3n) is 4.89. The summed E-state index contributed by atoms with van der Waals surface area (Å²) in [5.74, 6) is 0.632. The van der Waals surface area contributed by atoms with Crippen LogP contribution in [0.5, 0.6) is 5.75 Å². The zero-order chi connectivity index (χ0) is 17.5. The molecule has 0 aliphatic rings. The number of benzene rings is 2. The molecule has 2 aromatic carbocycles. The third kappa shape index (κ3) is 2.77. The van der Waals surface area contributed by atoms with Gasteiger partial charge in [-0.3, -0.25) is 0 Å². The van der Waals surface area contributed by atoms with Gasteiger partial charge < -0.3 is 5.11 Å². The molecule has 1 aromatic heterocycles. The molecule has 0 fully saturated rings. The number of hydrogen-bond acceptors (Lipinski definition) is 3. The SMILES string of the molecule is CCC(C)(C)c1cc(C(C)C)cc(-n2nc3ccccc3n2)c1O. The number of aromatic nitrogens is 3. The van der Waals surface area contributed by atoms with Crippen LogP contribution in [0.15, 0.2) is 36.4 Å². The van der Waals surface area contributed by atoms with Crippen molar-refractivity contribution < 1.29 is 5.11 Å². The molecule has 0 saturated carbocycles. The van der Waals surface area contributed by atoms with E-state index in [1.807, 2.05) is 30.3 Å². The van der Waals surface area contributed by atoms with E-state index in [0.29, 0.717) is 11.6 Å². The molecule has 0 bridgehead atoms. The van der Waals surface area contributed by atoms with Gasteiger partial charge in [-0.15, -0.1) is 15.0 Å². The number of phenolic OH excluding ortho intramolecular Hbond substituents is 1. The Morgan fingerprint density at radius 1 is 1.08 bits per heavy atom. The topological polar surface area (TPSA) is 50.9 Å². The first-order valence-electron chi connectivity index (χ1n) is 8.53. The summed E-state index contributed by atoms with van der Waals surface area (Å²) >= 11 is 0. The maximum Gasteiger partial charge on any atom is 0.146 e. The van der Waals surface area contributed by atoms with Crippen molar-refractivity contribution in [1.29, 1.82) is 0 Å². The Morgan fingerprint density at radius 2 is 1.67 bits per heavy atom. The molecule has 1 heterocycles. The maximum atomic E-state index is 10.9. The average molecular weight is 323 g/mol.